The fourth-order valence-corrected chi connectivity index (χ4v) is 1.51. The average molecular weight is 244 g/mol. The Morgan fingerprint density at radius 3 is 2.65 bits per heavy atom. The van der Waals surface area contributed by atoms with Crippen molar-refractivity contribution in [1.82, 2.24) is 4.98 Å². The Bertz CT molecular complexity index is 384. The summed E-state index contributed by atoms with van der Waals surface area (Å²) in [6, 6.07) is 0.782. The van der Waals surface area contributed by atoms with Crippen molar-refractivity contribution >= 4 is 11.6 Å². The first-order valence-electron chi connectivity index (χ1n) is 5.53. The lowest BCUT2D eigenvalue weighted by Crippen LogP contribution is -2.26. The smallest absolute Gasteiger partial charge is 0.178 e. The van der Waals surface area contributed by atoms with E-state index < -0.39 is 11.6 Å². The van der Waals surface area contributed by atoms with Crippen LogP contribution in [-0.2, 0) is 0 Å². The summed E-state index contributed by atoms with van der Waals surface area (Å²) in [5, 5.41) is 0. The molecule has 0 bridgehead atoms. The van der Waals surface area contributed by atoms with Gasteiger partial charge in [0, 0.05) is 19.7 Å². The number of nitrogen functional groups attached to an aromatic ring is 1. The van der Waals surface area contributed by atoms with Crippen LogP contribution in [0.3, 0.4) is 0 Å². The van der Waals surface area contributed by atoms with E-state index >= 15 is 0 Å². The van der Waals surface area contributed by atoms with E-state index in [0.717, 1.165) is 12.5 Å². The zero-order chi connectivity index (χ0) is 13.0. The normalized spacial score (nSPS) is 12.4. The molecular weight excluding hydrogens is 226 g/mol. The van der Waals surface area contributed by atoms with E-state index in [2.05, 4.69) is 24.3 Å². The van der Waals surface area contributed by atoms with Gasteiger partial charge < -0.3 is 10.3 Å². The van der Waals surface area contributed by atoms with Crippen molar-refractivity contribution in [3.8, 4) is 0 Å². The van der Waals surface area contributed by atoms with Crippen LogP contribution in [0.15, 0.2) is 6.07 Å². The molecule has 1 aromatic heterocycles. The van der Waals surface area contributed by atoms with Gasteiger partial charge in [-0.25, -0.2) is 19.6 Å². The van der Waals surface area contributed by atoms with Gasteiger partial charge >= 0.3 is 0 Å². The number of pyridine rings is 1. The standard InChI is InChI=1S/C11H18F2N4/c1-4-7(2)6-17(3)11-9(13)5-8(12)10(15-11)16-14/h5,7H,4,6,14H2,1-3H3,(H,15,16). The first-order valence-corrected chi connectivity index (χ1v) is 5.53. The Kier molecular flexibility index (Phi) is 4.62. The summed E-state index contributed by atoms with van der Waals surface area (Å²) in [6.45, 7) is 4.76. The minimum Gasteiger partial charge on any atom is -0.357 e. The molecule has 6 heteroatoms. The molecule has 1 unspecified atom stereocenters. The second kappa shape index (κ2) is 5.77. The number of halogens is 2. The maximum absolute atomic E-state index is 13.6. The van der Waals surface area contributed by atoms with Gasteiger partial charge in [-0.3, -0.25) is 0 Å². The number of nitrogens with one attached hydrogen (secondary N) is 1. The highest BCUT2D eigenvalue weighted by Crippen LogP contribution is 2.21. The Hall–Kier alpha value is -1.43. The zero-order valence-electron chi connectivity index (χ0n) is 10.3. The molecule has 1 heterocycles. The van der Waals surface area contributed by atoms with Gasteiger partial charge in [-0.2, -0.15) is 0 Å². The number of nitrogens with zero attached hydrogens (tertiary/aromatic N) is 2. The number of anilines is 2. The van der Waals surface area contributed by atoms with Crippen LogP contribution in [0.4, 0.5) is 20.4 Å². The fourth-order valence-electron chi connectivity index (χ4n) is 1.51. The molecule has 4 nitrogen and oxygen atoms in total. The van der Waals surface area contributed by atoms with Gasteiger partial charge in [0.2, 0.25) is 0 Å². The molecule has 0 aliphatic carbocycles. The van der Waals surface area contributed by atoms with Crippen LogP contribution < -0.4 is 16.2 Å². The topological polar surface area (TPSA) is 54.2 Å². The van der Waals surface area contributed by atoms with Crippen molar-refractivity contribution in [2.45, 2.75) is 20.3 Å². The fraction of sp³-hybridized carbons (Fsp3) is 0.545. The Balaban J connectivity index is 2.96. The van der Waals surface area contributed by atoms with Crippen LogP contribution >= 0.6 is 0 Å². The summed E-state index contributed by atoms with van der Waals surface area (Å²) in [5.74, 6) is 3.96. The number of nitrogens with two attached hydrogens (primary N) is 1. The lowest BCUT2D eigenvalue weighted by atomic mass is 10.1. The maximum Gasteiger partial charge on any atom is 0.178 e. The van der Waals surface area contributed by atoms with E-state index in [1.54, 1.807) is 11.9 Å². The van der Waals surface area contributed by atoms with E-state index in [1.165, 1.54) is 0 Å². The second-order valence-corrected chi connectivity index (χ2v) is 4.16. The van der Waals surface area contributed by atoms with Gasteiger partial charge in [-0.15, -0.1) is 0 Å². The van der Waals surface area contributed by atoms with Crippen molar-refractivity contribution in [3.05, 3.63) is 17.7 Å². The molecule has 0 amide bonds. The van der Waals surface area contributed by atoms with Crippen LogP contribution in [0.5, 0.6) is 0 Å². The monoisotopic (exact) mass is 244 g/mol. The van der Waals surface area contributed by atoms with Gasteiger partial charge in [0.05, 0.1) is 0 Å². The molecule has 0 radical (unpaired) electrons. The number of hydrogen-bond acceptors (Lipinski definition) is 4. The van der Waals surface area contributed by atoms with E-state index in [4.69, 9.17) is 5.84 Å². The summed E-state index contributed by atoms with van der Waals surface area (Å²) in [6.07, 6.45) is 0.981. The lowest BCUT2D eigenvalue weighted by molar-refractivity contribution is 0.538. The molecule has 96 valence electrons. The highest BCUT2D eigenvalue weighted by Gasteiger charge is 2.15. The van der Waals surface area contributed by atoms with Crippen molar-refractivity contribution in [3.63, 3.8) is 0 Å². The molecule has 0 aliphatic rings. The van der Waals surface area contributed by atoms with Gasteiger partial charge in [0.25, 0.3) is 0 Å². The molecule has 3 N–H and O–H groups in total. The van der Waals surface area contributed by atoms with E-state index in [9.17, 15) is 8.78 Å². The zero-order valence-corrected chi connectivity index (χ0v) is 10.3. The van der Waals surface area contributed by atoms with Crippen LogP contribution in [0.25, 0.3) is 0 Å². The van der Waals surface area contributed by atoms with Gasteiger partial charge in [0.15, 0.2) is 23.3 Å². The van der Waals surface area contributed by atoms with E-state index in [1.807, 2.05) is 0 Å². The number of rotatable bonds is 5. The van der Waals surface area contributed by atoms with E-state index in [-0.39, 0.29) is 11.6 Å². The van der Waals surface area contributed by atoms with Crippen molar-refractivity contribution in [1.29, 1.82) is 0 Å². The average Bonchev–Trinajstić information content (AvgIpc) is 2.28. The van der Waals surface area contributed by atoms with Crippen molar-refractivity contribution in [2.75, 3.05) is 23.9 Å². The van der Waals surface area contributed by atoms with Crippen LogP contribution in [0, 0.1) is 17.6 Å². The maximum atomic E-state index is 13.6. The summed E-state index contributed by atoms with van der Waals surface area (Å²) in [5.41, 5.74) is 2.11. The predicted octanol–water partition coefficient (Wildman–Crippen LogP) is 2.13. The molecule has 1 atom stereocenters. The Morgan fingerprint density at radius 1 is 1.47 bits per heavy atom. The first kappa shape index (κ1) is 13.6. The largest absolute Gasteiger partial charge is 0.357 e. The van der Waals surface area contributed by atoms with Gasteiger partial charge in [-0.1, -0.05) is 20.3 Å². The third-order valence-electron chi connectivity index (χ3n) is 2.69. The molecule has 0 fully saturated rings. The first-order chi connectivity index (χ1) is 7.99. The van der Waals surface area contributed by atoms with Gasteiger partial charge in [0.1, 0.15) is 0 Å². The molecule has 0 aromatic carbocycles. The molecule has 17 heavy (non-hydrogen) atoms. The second-order valence-electron chi connectivity index (χ2n) is 4.16. The van der Waals surface area contributed by atoms with Gasteiger partial charge in [-0.05, 0) is 5.92 Å². The Morgan fingerprint density at radius 2 is 2.12 bits per heavy atom. The number of hydrazine groups is 1. The summed E-state index contributed by atoms with van der Waals surface area (Å²) in [7, 11) is 1.72. The minimum atomic E-state index is -0.800. The third kappa shape index (κ3) is 3.26. The summed E-state index contributed by atoms with van der Waals surface area (Å²) in [4.78, 5) is 5.47. The lowest BCUT2D eigenvalue weighted by Gasteiger charge is -2.22. The molecule has 0 aliphatic heterocycles. The summed E-state index contributed by atoms with van der Waals surface area (Å²) >= 11 is 0. The molecule has 0 saturated heterocycles. The van der Waals surface area contributed by atoms with Crippen LogP contribution in [0.1, 0.15) is 20.3 Å². The molecule has 0 saturated carbocycles. The minimum absolute atomic E-state index is 0.0969. The highest BCUT2D eigenvalue weighted by molar-refractivity contribution is 5.48. The third-order valence-corrected chi connectivity index (χ3v) is 2.69. The van der Waals surface area contributed by atoms with E-state index in [0.29, 0.717) is 12.5 Å². The number of aromatic nitrogens is 1. The van der Waals surface area contributed by atoms with Crippen molar-refractivity contribution < 1.29 is 8.78 Å². The molecule has 0 spiro atoms. The molecular formula is C11H18F2N4. The highest BCUT2D eigenvalue weighted by atomic mass is 19.1. The van der Waals surface area contributed by atoms with Crippen LogP contribution in [0.2, 0.25) is 0 Å². The SMILES string of the molecule is CCC(C)CN(C)c1nc(NN)c(F)cc1F. The number of hydrogen-bond donors (Lipinski definition) is 2. The van der Waals surface area contributed by atoms with Crippen molar-refractivity contribution in [2.24, 2.45) is 11.8 Å². The molecule has 1 aromatic rings. The predicted molar refractivity (Wildman–Crippen MR) is 64.7 cm³/mol. The Labute approximate surface area is 99.8 Å². The summed E-state index contributed by atoms with van der Waals surface area (Å²) < 4.78 is 26.7. The van der Waals surface area contributed by atoms with Crippen LogP contribution in [-0.4, -0.2) is 18.6 Å². The molecule has 1 rings (SSSR count). The quantitative estimate of drug-likeness (QED) is 0.615.